The van der Waals surface area contributed by atoms with Crippen LogP contribution in [0.5, 0.6) is 0 Å². The summed E-state index contributed by atoms with van der Waals surface area (Å²) in [4.78, 5) is 16.6. The van der Waals surface area contributed by atoms with Crippen LogP contribution in [0, 0.1) is 6.92 Å². The SMILES string of the molecule is CCc1cc2nc(-c3ccc(C)cc3)cc(=O)n2[nH]1. The van der Waals surface area contributed by atoms with Gasteiger partial charge in [0.1, 0.15) is 0 Å². The number of aromatic amines is 1. The first-order chi connectivity index (χ1) is 9.17. The lowest BCUT2D eigenvalue weighted by Gasteiger charge is -2.01. The van der Waals surface area contributed by atoms with Crippen molar-refractivity contribution in [2.24, 2.45) is 0 Å². The fourth-order valence-corrected chi connectivity index (χ4v) is 2.09. The Kier molecular flexibility index (Phi) is 2.71. The number of hydrogen-bond acceptors (Lipinski definition) is 2. The minimum Gasteiger partial charge on any atom is -0.294 e. The fourth-order valence-electron chi connectivity index (χ4n) is 2.09. The van der Waals surface area contributed by atoms with Crippen LogP contribution in [0.2, 0.25) is 0 Å². The second-order valence-electron chi connectivity index (χ2n) is 4.67. The van der Waals surface area contributed by atoms with E-state index >= 15 is 0 Å². The summed E-state index contributed by atoms with van der Waals surface area (Å²) in [6, 6.07) is 11.5. The first-order valence-corrected chi connectivity index (χ1v) is 6.36. The maximum atomic E-state index is 12.1. The maximum absolute atomic E-state index is 12.1. The second kappa shape index (κ2) is 4.39. The lowest BCUT2D eigenvalue weighted by molar-refractivity contribution is 0.859. The van der Waals surface area contributed by atoms with Crippen molar-refractivity contribution in [3.05, 3.63) is 58.0 Å². The average Bonchev–Trinajstić information content (AvgIpc) is 2.83. The molecule has 4 heteroatoms. The van der Waals surface area contributed by atoms with E-state index in [9.17, 15) is 4.79 Å². The van der Waals surface area contributed by atoms with Crippen molar-refractivity contribution in [3.8, 4) is 11.3 Å². The van der Waals surface area contributed by atoms with E-state index in [1.807, 2.05) is 44.2 Å². The molecule has 0 saturated heterocycles. The van der Waals surface area contributed by atoms with E-state index in [2.05, 4.69) is 10.1 Å². The molecule has 0 unspecified atom stereocenters. The zero-order valence-corrected chi connectivity index (χ0v) is 11.0. The Morgan fingerprint density at radius 2 is 1.95 bits per heavy atom. The second-order valence-corrected chi connectivity index (χ2v) is 4.67. The molecule has 0 fully saturated rings. The Hall–Kier alpha value is -2.36. The highest BCUT2D eigenvalue weighted by atomic mass is 16.1. The Balaban J connectivity index is 2.20. The number of aromatic nitrogens is 3. The summed E-state index contributed by atoms with van der Waals surface area (Å²) in [7, 11) is 0. The van der Waals surface area contributed by atoms with Gasteiger partial charge < -0.3 is 0 Å². The summed E-state index contributed by atoms with van der Waals surface area (Å²) in [5.74, 6) is 0. The Bertz CT molecular complexity index is 781. The predicted octanol–water partition coefficient (Wildman–Crippen LogP) is 2.56. The van der Waals surface area contributed by atoms with E-state index in [0.717, 1.165) is 17.7 Å². The molecule has 0 aliphatic heterocycles. The topological polar surface area (TPSA) is 50.2 Å². The van der Waals surface area contributed by atoms with Gasteiger partial charge in [-0.05, 0) is 13.3 Å². The number of benzene rings is 1. The normalized spacial score (nSPS) is 11.1. The molecule has 0 radical (unpaired) electrons. The van der Waals surface area contributed by atoms with Crippen molar-refractivity contribution in [2.45, 2.75) is 20.3 Å². The number of nitrogens with zero attached hydrogens (tertiary/aromatic N) is 2. The molecule has 0 amide bonds. The van der Waals surface area contributed by atoms with Crippen LogP contribution in [0.4, 0.5) is 0 Å². The van der Waals surface area contributed by atoms with Crippen molar-refractivity contribution in [2.75, 3.05) is 0 Å². The minimum atomic E-state index is -0.0831. The molecule has 0 aliphatic rings. The standard InChI is InChI=1S/C15H15N3O/c1-3-12-8-14-16-13(9-15(19)18(14)17-12)11-6-4-10(2)5-7-11/h4-9,17H,3H2,1-2H3. The van der Waals surface area contributed by atoms with E-state index in [0.29, 0.717) is 11.3 Å². The quantitative estimate of drug-likeness (QED) is 0.763. The zero-order chi connectivity index (χ0) is 13.4. The molecule has 0 atom stereocenters. The number of rotatable bonds is 2. The molecule has 2 heterocycles. The van der Waals surface area contributed by atoms with Crippen LogP contribution >= 0.6 is 0 Å². The summed E-state index contributed by atoms with van der Waals surface area (Å²) in [6.07, 6.45) is 0.850. The van der Waals surface area contributed by atoms with Gasteiger partial charge in [-0.15, -0.1) is 0 Å². The molecule has 0 aliphatic carbocycles. The van der Waals surface area contributed by atoms with Gasteiger partial charge in [-0.1, -0.05) is 36.8 Å². The van der Waals surface area contributed by atoms with Gasteiger partial charge in [-0.3, -0.25) is 9.89 Å². The van der Waals surface area contributed by atoms with E-state index < -0.39 is 0 Å². The highest BCUT2D eigenvalue weighted by Gasteiger charge is 2.07. The molecule has 0 bridgehead atoms. The molecule has 4 nitrogen and oxygen atoms in total. The molecular formula is C15H15N3O. The molecule has 3 rings (SSSR count). The minimum absolute atomic E-state index is 0.0831. The van der Waals surface area contributed by atoms with Gasteiger partial charge in [0.2, 0.25) is 0 Å². The van der Waals surface area contributed by atoms with E-state index in [1.54, 1.807) is 6.07 Å². The smallest absolute Gasteiger partial charge is 0.273 e. The number of nitrogens with one attached hydrogen (secondary N) is 1. The molecule has 1 N–H and O–H groups in total. The van der Waals surface area contributed by atoms with Crippen LogP contribution in [0.1, 0.15) is 18.2 Å². The number of fused-ring (bicyclic) bond motifs is 1. The Labute approximate surface area is 110 Å². The Morgan fingerprint density at radius 1 is 1.21 bits per heavy atom. The third kappa shape index (κ3) is 2.05. The zero-order valence-electron chi connectivity index (χ0n) is 11.0. The van der Waals surface area contributed by atoms with E-state index in [4.69, 9.17) is 0 Å². The molecule has 2 aromatic heterocycles. The van der Waals surface area contributed by atoms with Crippen LogP contribution in [0.25, 0.3) is 16.9 Å². The van der Waals surface area contributed by atoms with Gasteiger partial charge >= 0.3 is 0 Å². The maximum Gasteiger partial charge on any atom is 0.273 e. The molecule has 19 heavy (non-hydrogen) atoms. The van der Waals surface area contributed by atoms with Gasteiger partial charge in [0.05, 0.1) is 5.69 Å². The first kappa shape index (κ1) is 11.7. The monoisotopic (exact) mass is 253 g/mol. The average molecular weight is 253 g/mol. The molecule has 1 aromatic carbocycles. The van der Waals surface area contributed by atoms with Crippen molar-refractivity contribution in [3.63, 3.8) is 0 Å². The third-order valence-electron chi connectivity index (χ3n) is 3.23. The lowest BCUT2D eigenvalue weighted by Crippen LogP contribution is -2.14. The first-order valence-electron chi connectivity index (χ1n) is 6.36. The Morgan fingerprint density at radius 3 is 2.63 bits per heavy atom. The molecule has 0 saturated carbocycles. The van der Waals surface area contributed by atoms with Gasteiger partial charge in [0.25, 0.3) is 5.56 Å². The predicted molar refractivity (Wildman–Crippen MR) is 75.4 cm³/mol. The van der Waals surface area contributed by atoms with Crippen molar-refractivity contribution >= 4 is 5.65 Å². The summed E-state index contributed by atoms with van der Waals surface area (Å²) >= 11 is 0. The fraction of sp³-hybridized carbons (Fsp3) is 0.200. The molecule has 96 valence electrons. The van der Waals surface area contributed by atoms with Crippen molar-refractivity contribution in [1.82, 2.24) is 14.6 Å². The van der Waals surface area contributed by atoms with Crippen LogP contribution < -0.4 is 5.56 Å². The summed E-state index contributed by atoms with van der Waals surface area (Å²) in [5.41, 5.74) is 4.46. The van der Waals surface area contributed by atoms with E-state index in [1.165, 1.54) is 10.1 Å². The van der Waals surface area contributed by atoms with Gasteiger partial charge in [0.15, 0.2) is 5.65 Å². The van der Waals surface area contributed by atoms with Crippen LogP contribution in [-0.4, -0.2) is 14.6 Å². The summed E-state index contributed by atoms with van der Waals surface area (Å²) in [5, 5.41) is 3.04. The van der Waals surface area contributed by atoms with E-state index in [-0.39, 0.29) is 5.56 Å². The van der Waals surface area contributed by atoms with Crippen molar-refractivity contribution < 1.29 is 0 Å². The van der Waals surface area contributed by atoms with Crippen LogP contribution in [0.15, 0.2) is 41.2 Å². The van der Waals surface area contributed by atoms with Crippen LogP contribution in [-0.2, 0) is 6.42 Å². The van der Waals surface area contributed by atoms with Gasteiger partial charge in [-0.25, -0.2) is 9.50 Å². The van der Waals surface area contributed by atoms with Crippen LogP contribution in [0.3, 0.4) is 0 Å². The highest BCUT2D eigenvalue weighted by Crippen LogP contribution is 2.17. The summed E-state index contributed by atoms with van der Waals surface area (Å²) in [6.45, 7) is 4.07. The lowest BCUT2D eigenvalue weighted by atomic mass is 10.1. The number of H-pyrrole nitrogens is 1. The highest BCUT2D eigenvalue weighted by molar-refractivity contribution is 5.61. The molecular weight excluding hydrogens is 238 g/mol. The van der Waals surface area contributed by atoms with Crippen molar-refractivity contribution in [1.29, 1.82) is 0 Å². The molecule has 3 aromatic rings. The number of aryl methyl sites for hydroxylation is 2. The van der Waals surface area contributed by atoms with Gasteiger partial charge in [0, 0.05) is 23.4 Å². The molecule has 0 spiro atoms. The van der Waals surface area contributed by atoms with Gasteiger partial charge in [-0.2, -0.15) is 0 Å². The summed E-state index contributed by atoms with van der Waals surface area (Å²) < 4.78 is 1.48. The third-order valence-corrected chi connectivity index (χ3v) is 3.23. The number of hydrogen-bond donors (Lipinski definition) is 1. The largest absolute Gasteiger partial charge is 0.294 e.